The van der Waals surface area contributed by atoms with Crippen molar-refractivity contribution in [3.63, 3.8) is 0 Å². The first kappa shape index (κ1) is 18.7. The molecule has 0 radical (unpaired) electrons. The fourth-order valence-electron chi connectivity index (χ4n) is 2.47. The van der Waals surface area contributed by atoms with Crippen molar-refractivity contribution in [2.75, 3.05) is 13.7 Å². The molecular formula is C18H23N3O4. The smallest absolute Gasteiger partial charge is 0.339 e. The summed E-state index contributed by atoms with van der Waals surface area (Å²) in [5.41, 5.74) is 1.98. The Morgan fingerprint density at radius 2 is 2.16 bits per heavy atom. The van der Waals surface area contributed by atoms with E-state index in [1.165, 1.54) is 10.9 Å². The third kappa shape index (κ3) is 4.45. The number of carboxylic acids is 1. The van der Waals surface area contributed by atoms with E-state index in [-0.39, 0.29) is 11.5 Å². The van der Waals surface area contributed by atoms with Crippen LogP contribution < -0.4 is 5.32 Å². The van der Waals surface area contributed by atoms with Gasteiger partial charge < -0.3 is 15.2 Å². The highest BCUT2D eigenvalue weighted by Crippen LogP contribution is 2.19. The zero-order valence-electron chi connectivity index (χ0n) is 14.7. The van der Waals surface area contributed by atoms with Gasteiger partial charge in [0.05, 0.1) is 18.0 Å². The predicted octanol–water partition coefficient (Wildman–Crippen LogP) is 2.48. The van der Waals surface area contributed by atoms with Crippen LogP contribution in [0.1, 0.15) is 47.4 Å². The van der Waals surface area contributed by atoms with Gasteiger partial charge in [-0.25, -0.2) is 14.3 Å². The van der Waals surface area contributed by atoms with Crippen LogP contribution in [0.2, 0.25) is 0 Å². The highest BCUT2D eigenvalue weighted by Gasteiger charge is 2.21. The fourth-order valence-corrected chi connectivity index (χ4v) is 2.47. The molecule has 7 heteroatoms. The Balaban J connectivity index is 2.26. The van der Waals surface area contributed by atoms with Crippen molar-refractivity contribution in [1.82, 2.24) is 15.1 Å². The number of carboxylic acid groups (broad SMARTS) is 1. The van der Waals surface area contributed by atoms with Crippen LogP contribution >= 0.6 is 0 Å². The summed E-state index contributed by atoms with van der Waals surface area (Å²) >= 11 is 0. The second kappa shape index (κ2) is 8.43. The van der Waals surface area contributed by atoms with Gasteiger partial charge in [-0.2, -0.15) is 5.10 Å². The van der Waals surface area contributed by atoms with Gasteiger partial charge in [0.25, 0.3) is 0 Å². The van der Waals surface area contributed by atoms with Gasteiger partial charge in [0, 0.05) is 6.20 Å². The first-order chi connectivity index (χ1) is 12.0. The number of rotatable bonds is 8. The minimum atomic E-state index is -1.02. The monoisotopic (exact) mass is 345 g/mol. The third-order valence-corrected chi connectivity index (χ3v) is 3.86. The molecule has 25 heavy (non-hydrogen) atoms. The number of likely N-dealkylation sites (N-methyl/N-ethyl adjacent to an activating group) is 1. The standard InChI is InChI=1S/C18H23N3O4/c1-4-5-9-25-18(24)16(19-3)13-7-6-8-14(10-13)21-11-15(17(22)23)12(2)20-21/h6-8,10-11,16,19H,4-5,9H2,1-3H3,(H,22,23). The van der Waals surface area contributed by atoms with Crippen molar-refractivity contribution in [2.45, 2.75) is 32.7 Å². The average molecular weight is 345 g/mol. The number of nitrogens with one attached hydrogen (secondary N) is 1. The highest BCUT2D eigenvalue weighted by molar-refractivity contribution is 5.88. The molecule has 2 rings (SSSR count). The number of nitrogens with zero attached hydrogens (tertiary/aromatic N) is 2. The predicted molar refractivity (Wildman–Crippen MR) is 92.9 cm³/mol. The van der Waals surface area contributed by atoms with Crippen LogP contribution in [0.25, 0.3) is 5.69 Å². The van der Waals surface area contributed by atoms with Gasteiger partial charge in [-0.1, -0.05) is 25.5 Å². The molecule has 1 heterocycles. The second-order valence-electron chi connectivity index (χ2n) is 5.72. The number of carbonyl (C=O) groups excluding carboxylic acids is 1. The summed E-state index contributed by atoms with van der Waals surface area (Å²) in [6, 6.07) is 6.62. The number of aryl methyl sites for hydroxylation is 1. The van der Waals surface area contributed by atoms with Crippen LogP contribution in [0.3, 0.4) is 0 Å². The quantitative estimate of drug-likeness (QED) is 0.564. The molecule has 0 aliphatic heterocycles. The molecular weight excluding hydrogens is 322 g/mol. The molecule has 2 N–H and O–H groups in total. The van der Waals surface area contributed by atoms with E-state index >= 15 is 0 Å². The molecule has 0 spiro atoms. The number of unbranched alkanes of at least 4 members (excludes halogenated alkanes) is 1. The van der Waals surface area contributed by atoms with Gasteiger partial charge in [0.15, 0.2) is 0 Å². The van der Waals surface area contributed by atoms with E-state index in [2.05, 4.69) is 10.4 Å². The number of aromatic nitrogens is 2. The Labute approximate surface area is 146 Å². The lowest BCUT2D eigenvalue weighted by atomic mass is 10.1. The number of benzene rings is 1. The third-order valence-electron chi connectivity index (χ3n) is 3.86. The summed E-state index contributed by atoms with van der Waals surface area (Å²) in [7, 11) is 1.69. The van der Waals surface area contributed by atoms with Crippen LogP contribution in [0.4, 0.5) is 0 Å². The molecule has 7 nitrogen and oxygen atoms in total. The van der Waals surface area contributed by atoms with E-state index in [9.17, 15) is 9.59 Å². The van der Waals surface area contributed by atoms with E-state index in [4.69, 9.17) is 9.84 Å². The van der Waals surface area contributed by atoms with Crippen LogP contribution in [0, 0.1) is 6.92 Å². The molecule has 0 aliphatic rings. The molecule has 1 unspecified atom stereocenters. The lowest BCUT2D eigenvalue weighted by Crippen LogP contribution is -2.27. The van der Waals surface area contributed by atoms with Crippen molar-refractivity contribution in [2.24, 2.45) is 0 Å². The number of esters is 1. The molecule has 0 aliphatic carbocycles. The van der Waals surface area contributed by atoms with Gasteiger partial charge in [0.1, 0.15) is 11.6 Å². The molecule has 0 amide bonds. The fraction of sp³-hybridized carbons (Fsp3) is 0.389. The molecule has 0 fully saturated rings. The Kier molecular flexibility index (Phi) is 6.30. The van der Waals surface area contributed by atoms with Gasteiger partial charge >= 0.3 is 11.9 Å². The molecule has 0 saturated heterocycles. The summed E-state index contributed by atoms with van der Waals surface area (Å²) in [4.78, 5) is 23.4. The van der Waals surface area contributed by atoms with E-state index in [0.717, 1.165) is 18.4 Å². The van der Waals surface area contributed by atoms with E-state index in [1.807, 2.05) is 13.0 Å². The van der Waals surface area contributed by atoms with Crippen molar-refractivity contribution in [1.29, 1.82) is 0 Å². The molecule has 1 atom stereocenters. The second-order valence-corrected chi connectivity index (χ2v) is 5.72. The maximum atomic E-state index is 12.3. The maximum Gasteiger partial charge on any atom is 0.339 e. The summed E-state index contributed by atoms with van der Waals surface area (Å²) in [5.74, 6) is -1.36. The van der Waals surface area contributed by atoms with E-state index in [0.29, 0.717) is 18.0 Å². The number of aromatic carboxylic acids is 1. The average Bonchev–Trinajstić information content (AvgIpc) is 2.98. The molecule has 1 aromatic carbocycles. The number of hydrogen-bond acceptors (Lipinski definition) is 5. The summed E-state index contributed by atoms with van der Waals surface area (Å²) in [5, 5.41) is 16.4. The molecule has 134 valence electrons. The largest absolute Gasteiger partial charge is 0.478 e. The van der Waals surface area contributed by atoms with E-state index < -0.39 is 12.0 Å². The van der Waals surface area contributed by atoms with Gasteiger partial charge in [0.2, 0.25) is 0 Å². The number of carbonyl (C=O) groups is 2. The summed E-state index contributed by atoms with van der Waals surface area (Å²) in [6.45, 7) is 4.07. The minimum Gasteiger partial charge on any atom is -0.478 e. The van der Waals surface area contributed by atoms with Crippen molar-refractivity contribution in [3.8, 4) is 5.69 Å². The van der Waals surface area contributed by atoms with Crippen LogP contribution in [0.15, 0.2) is 30.5 Å². The summed E-state index contributed by atoms with van der Waals surface area (Å²) in [6.07, 6.45) is 3.25. The lowest BCUT2D eigenvalue weighted by molar-refractivity contribution is -0.146. The van der Waals surface area contributed by atoms with Crippen LogP contribution in [-0.2, 0) is 9.53 Å². The van der Waals surface area contributed by atoms with Crippen molar-refractivity contribution >= 4 is 11.9 Å². The Morgan fingerprint density at radius 3 is 2.76 bits per heavy atom. The van der Waals surface area contributed by atoms with Gasteiger partial charge in [-0.15, -0.1) is 0 Å². The topological polar surface area (TPSA) is 93.5 Å². The van der Waals surface area contributed by atoms with Gasteiger partial charge in [-0.3, -0.25) is 0 Å². The normalized spacial score (nSPS) is 12.0. The zero-order chi connectivity index (χ0) is 18.4. The number of hydrogen-bond donors (Lipinski definition) is 2. The number of ether oxygens (including phenoxy) is 1. The van der Waals surface area contributed by atoms with E-state index in [1.54, 1.807) is 32.2 Å². The Hall–Kier alpha value is -2.67. The van der Waals surface area contributed by atoms with Crippen LogP contribution in [-0.4, -0.2) is 40.5 Å². The minimum absolute atomic E-state index is 0.148. The maximum absolute atomic E-state index is 12.3. The Bertz CT molecular complexity index is 755. The van der Waals surface area contributed by atoms with Crippen molar-refractivity contribution in [3.05, 3.63) is 47.3 Å². The highest BCUT2D eigenvalue weighted by atomic mass is 16.5. The molecule has 0 saturated carbocycles. The van der Waals surface area contributed by atoms with Gasteiger partial charge in [-0.05, 0) is 38.1 Å². The SMILES string of the molecule is CCCCOC(=O)C(NC)c1cccc(-n2cc(C(=O)O)c(C)n2)c1. The molecule has 2 aromatic rings. The van der Waals surface area contributed by atoms with Crippen molar-refractivity contribution < 1.29 is 19.4 Å². The summed E-state index contributed by atoms with van der Waals surface area (Å²) < 4.78 is 6.79. The Morgan fingerprint density at radius 1 is 1.40 bits per heavy atom. The first-order valence-electron chi connectivity index (χ1n) is 8.21. The lowest BCUT2D eigenvalue weighted by Gasteiger charge is -2.16. The first-order valence-corrected chi connectivity index (χ1v) is 8.21. The zero-order valence-corrected chi connectivity index (χ0v) is 14.7. The molecule has 0 bridgehead atoms. The van der Waals surface area contributed by atoms with Crippen LogP contribution in [0.5, 0.6) is 0 Å². The molecule has 1 aromatic heterocycles.